The van der Waals surface area contributed by atoms with Crippen LogP contribution < -0.4 is 19.9 Å². The Morgan fingerprint density at radius 1 is 1.26 bits per heavy atom. The zero-order chi connectivity index (χ0) is 21.5. The molecule has 1 N–H and O–H groups in total. The number of thiophene rings is 1. The van der Waals surface area contributed by atoms with Crippen LogP contribution in [0.15, 0.2) is 30.3 Å². The normalized spacial score (nSPS) is 22.5. The van der Waals surface area contributed by atoms with Crippen LogP contribution in [0.25, 0.3) is 0 Å². The van der Waals surface area contributed by atoms with Crippen LogP contribution in [0, 0.1) is 0 Å². The van der Waals surface area contributed by atoms with Gasteiger partial charge in [0.2, 0.25) is 5.91 Å². The second-order valence-corrected chi connectivity index (χ2v) is 9.33. The van der Waals surface area contributed by atoms with E-state index in [1.807, 2.05) is 12.1 Å². The topological polar surface area (TPSA) is 88.2 Å². The molecule has 0 radical (unpaired) electrons. The maximum absolute atomic E-state index is 12.7. The highest BCUT2D eigenvalue weighted by atomic mass is 35.5. The molecule has 2 aromatic rings. The molecule has 0 spiro atoms. The maximum atomic E-state index is 12.7. The largest absolute Gasteiger partial charge is 0.491 e. The lowest BCUT2D eigenvalue weighted by molar-refractivity contribution is -0.117. The summed E-state index contributed by atoms with van der Waals surface area (Å²) in [5.74, 6) is 0.390. The molecule has 1 unspecified atom stereocenters. The summed E-state index contributed by atoms with van der Waals surface area (Å²) in [4.78, 5) is 41.0. The number of amides is 3. The molecule has 162 valence electrons. The number of anilines is 2. The van der Waals surface area contributed by atoms with Gasteiger partial charge in [0, 0.05) is 31.1 Å². The van der Waals surface area contributed by atoms with Crippen molar-refractivity contribution in [3.05, 3.63) is 39.5 Å². The number of rotatable bonds is 4. The second-order valence-electron chi connectivity index (χ2n) is 7.61. The molecule has 3 aliphatic rings. The SMILES string of the molecule is O=C(NCC1OC(=O)N2c3ccc(N4CCCC4=O)cc3OCC[C@@H]12)c1ccc(Cl)s1. The van der Waals surface area contributed by atoms with E-state index in [4.69, 9.17) is 21.1 Å². The van der Waals surface area contributed by atoms with E-state index in [-0.39, 0.29) is 24.4 Å². The number of fused-ring (bicyclic) bond motifs is 3. The molecule has 8 nitrogen and oxygen atoms in total. The first kappa shape index (κ1) is 20.1. The Kier molecular flexibility index (Phi) is 5.23. The molecule has 10 heteroatoms. The number of nitrogens with one attached hydrogen (secondary N) is 1. The standard InChI is InChI=1S/C21H20ClN3O5S/c22-18-6-5-17(31-18)20(27)23-11-16-14-7-9-29-15-10-12(24-8-1-2-19(24)26)3-4-13(15)25(14)21(28)30-16/h3-6,10,14,16H,1-2,7-9,11H2,(H,23,27)/t14-,16?/m0/s1. The van der Waals surface area contributed by atoms with Crippen LogP contribution in [-0.2, 0) is 9.53 Å². The average molecular weight is 462 g/mol. The van der Waals surface area contributed by atoms with Crippen LogP contribution in [-0.4, -0.2) is 49.7 Å². The third-order valence-corrected chi connectivity index (χ3v) is 6.96. The van der Waals surface area contributed by atoms with Gasteiger partial charge in [-0.3, -0.25) is 14.5 Å². The van der Waals surface area contributed by atoms with E-state index in [0.717, 1.165) is 12.1 Å². The summed E-state index contributed by atoms with van der Waals surface area (Å²) in [6.45, 7) is 1.27. The number of nitrogens with zero attached hydrogens (tertiary/aromatic N) is 2. The Bertz CT molecular complexity index is 1060. The van der Waals surface area contributed by atoms with Gasteiger partial charge in [0.1, 0.15) is 11.9 Å². The van der Waals surface area contributed by atoms with Crippen molar-refractivity contribution in [1.29, 1.82) is 0 Å². The molecule has 0 aliphatic carbocycles. The lowest BCUT2D eigenvalue weighted by Crippen LogP contribution is -2.42. The maximum Gasteiger partial charge on any atom is 0.415 e. The molecule has 0 saturated carbocycles. The van der Waals surface area contributed by atoms with Crippen molar-refractivity contribution in [2.45, 2.75) is 31.4 Å². The highest BCUT2D eigenvalue weighted by Crippen LogP contribution is 2.41. The third-order valence-electron chi connectivity index (χ3n) is 5.73. The van der Waals surface area contributed by atoms with Crippen LogP contribution in [0.5, 0.6) is 5.75 Å². The number of halogens is 1. The minimum atomic E-state index is -0.499. The number of cyclic esters (lactones) is 1. The van der Waals surface area contributed by atoms with Gasteiger partial charge in [-0.2, -0.15) is 0 Å². The second kappa shape index (κ2) is 8.05. The van der Waals surface area contributed by atoms with Gasteiger partial charge >= 0.3 is 6.09 Å². The lowest BCUT2D eigenvalue weighted by atomic mass is 10.1. The summed E-state index contributed by atoms with van der Waals surface area (Å²) in [5.41, 5.74) is 1.38. The van der Waals surface area contributed by atoms with Crippen molar-refractivity contribution in [3.63, 3.8) is 0 Å². The van der Waals surface area contributed by atoms with Gasteiger partial charge in [0.15, 0.2) is 0 Å². The summed E-state index contributed by atoms with van der Waals surface area (Å²) in [6.07, 6.45) is 0.969. The fourth-order valence-electron chi connectivity index (χ4n) is 4.25. The molecule has 1 aromatic heterocycles. The Hall–Kier alpha value is -2.78. The van der Waals surface area contributed by atoms with E-state index in [0.29, 0.717) is 46.6 Å². The van der Waals surface area contributed by atoms with Gasteiger partial charge in [-0.05, 0) is 30.7 Å². The molecule has 2 fully saturated rings. The highest BCUT2D eigenvalue weighted by Gasteiger charge is 2.45. The zero-order valence-electron chi connectivity index (χ0n) is 16.5. The summed E-state index contributed by atoms with van der Waals surface area (Å²) < 4.78 is 12.1. The Labute approximate surface area is 187 Å². The van der Waals surface area contributed by atoms with Crippen molar-refractivity contribution >= 4 is 52.2 Å². The predicted molar refractivity (Wildman–Crippen MR) is 116 cm³/mol. The van der Waals surface area contributed by atoms with Crippen LogP contribution in [0.3, 0.4) is 0 Å². The molecule has 3 amide bonds. The zero-order valence-corrected chi connectivity index (χ0v) is 18.1. The molecule has 1 aromatic carbocycles. The fourth-order valence-corrected chi connectivity index (χ4v) is 5.21. The van der Waals surface area contributed by atoms with E-state index < -0.39 is 12.2 Å². The average Bonchev–Trinajstić information content (AvgIpc) is 3.42. The predicted octanol–water partition coefficient (Wildman–Crippen LogP) is 3.43. The molecular weight excluding hydrogens is 442 g/mol. The molecule has 2 saturated heterocycles. The molecule has 0 bridgehead atoms. The van der Waals surface area contributed by atoms with Crippen molar-refractivity contribution < 1.29 is 23.9 Å². The summed E-state index contributed by atoms with van der Waals surface area (Å²) in [5, 5.41) is 2.83. The molecule has 31 heavy (non-hydrogen) atoms. The first-order valence-electron chi connectivity index (χ1n) is 10.1. The molecule has 2 atom stereocenters. The Balaban J connectivity index is 1.33. The lowest BCUT2D eigenvalue weighted by Gasteiger charge is -2.23. The Morgan fingerprint density at radius 3 is 2.87 bits per heavy atom. The molecule has 5 rings (SSSR count). The van der Waals surface area contributed by atoms with E-state index >= 15 is 0 Å². The van der Waals surface area contributed by atoms with Gasteiger partial charge in [0.25, 0.3) is 5.91 Å². The molecule has 3 aliphatic heterocycles. The van der Waals surface area contributed by atoms with Gasteiger partial charge in [-0.15, -0.1) is 11.3 Å². The van der Waals surface area contributed by atoms with E-state index in [2.05, 4.69) is 5.32 Å². The monoisotopic (exact) mass is 461 g/mol. The Morgan fingerprint density at radius 2 is 2.13 bits per heavy atom. The first-order chi connectivity index (χ1) is 15.0. The van der Waals surface area contributed by atoms with Gasteiger partial charge < -0.3 is 19.7 Å². The van der Waals surface area contributed by atoms with Crippen LogP contribution in [0.1, 0.15) is 28.9 Å². The summed E-state index contributed by atoms with van der Waals surface area (Å²) >= 11 is 7.09. The minimum Gasteiger partial charge on any atom is -0.491 e. The fraction of sp³-hybridized carbons (Fsp3) is 0.381. The highest BCUT2D eigenvalue weighted by molar-refractivity contribution is 7.18. The van der Waals surface area contributed by atoms with E-state index in [1.165, 1.54) is 11.3 Å². The molecular formula is C21H20ClN3O5S. The van der Waals surface area contributed by atoms with Crippen molar-refractivity contribution in [3.8, 4) is 5.75 Å². The number of hydrogen-bond acceptors (Lipinski definition) is 6. The van der Waals surface area contributed by atoms with Gasteiger partial charge in [-0.25, -0.2) is 4.79 Å². The number of carbonyl (C=O) groups is 3. The smallest absolute Gasteiger partial charge is 0.415 e. The van der Waals surface area contributed by atoms with E-state index in [1.54, 1.807) is 28.0 Å². The number of ether oxygens (including phenoxy) is 2. The van der Waals surface area contributed by atoms with Crippen LogP contribution in [0.4, 0.5) is 16.2 Å². The van der Waals surface area contributed by atoms with Crippen molar-refractivity contribution in [1.82, 2.24) is 5.32 Å². The van der Waals surface area contributed by atoms with Crippen molar-refractivity contribution in [2.75, 3.05) is 29.5 Å². The van der Waals surface area contributed by atoms with Gasteiger partial charge in [0.05, 0.1) is 34.1 Å². The van der Waals surface area contributed by atoms with E-state index in [9.17, 15) is 14.4 Å². The molecule has 4 heterocycles. The van der Waals surface area contributed by atoms with Crippen LogP contribution >= 0.6 is 22.9 Å². The summed E-state index contributed by atoms with van der Waals surface area (Å²) in [6, 6.07) is 8.50. The van der Waals surface area contributed by atoms with Crippen LogP contribution in [0.2, 0.25) is 4.34 Å². The first-order valence-corrected chi connectivity index (χ1v) is 11.3. The quantitative estimate of drug-likeness (QED) is 0.753. The van der Waals surface area contributed by atoms with Crippen molar-refractivity contribution in [2.24, 2.45) is 0 Å². The number of carbonyl (C=O) groups excluding carboxylic acids is 3. The number of benzene rings is 1. The number of hydrogen-bond donors (Lipinski definition) is 1. The van der Waals surface area contributed by atoms with Gasteiger partial charge in [-0.1, -0.05) is 11.6 Å². The summed E-state index contributed by atoms with van der Waals surface area (Å²) in [7, 11) is 0. The third kappa shape index (κ3) is 3.72. The minimum absolute atomic E-state index is 0.0925.